The summed E-state index contributed by atoms with van der Waals surface area (Å²) in [6.07, 6.45) is 0.141. The number of nitro groups is 1. The summed E-state index contributed by atoms with van der Waals surface area (Å²) in [6.45, 7) is 1.47. The third-order valence-electron chi connectivity index (χ3n) is 3.96. The minimum Gasteiger partial charge on any atom is -0.465 e. The number of ether oxygens (including phenoxy) is 1. The van der Waals surface area contributed by atoms with E-state index in [9.17, 15) is 24.5 Å². The second kappa shape index (κ2) is 10.5. The van der Waals surface area contributed by atoms with Gasteiger partial charge in [-0.05, 0) is 18.6 Å². The minimum absolute atomic E-state index is 0.141. The fraction of sp³-hybridized carbons (Fsp3) is 0.250. The Morgan fingerprint density at radius 1 is 1.07 bits per heavy atom. The maximum Gasteiger partial charge on any atom is 0.325 e. The Bertz CT molecular complexity index is 885. The first-order valence-electron chi connectivity index (χ1n) is 8.94. The third kappa shape index (κ3) is 6.42. The Morgan fingerprint density at radius 3 is 2.38 bits per heavy atom. The average Bonchev–Trinajstić information content (AvgIpc) is 2.72. The topological polar surface area (TPSA) is 128 Å². The molecule has 9 heteroatoms. The van der Waals surface area contributed by atoms with E-state index < -0.39 is 28.7 Å². The van der Waals surface area contributed by atoms with E-state index in [-0.39, 0.29) is 30.8 Å². The molecule has 1 atom stereocenters. The minimum atomic E-state index is -1.04. The van der Waals surface area contributed by atoms with Gasteiger partial charge in [0.2, 0.25) is 5.91 Å². The molecular formula is C20H21N3O6. The van der Waals surface area contributed by atoms with Gasteiger partial charge < -0.3 is 15.4 Å². The second-order valence-electron chi connectivity index (χ2n) is 6.01. The third-order valence-corrected chi connectivity index (χ3v) is 3.96. The van der Waals surface area contributed by atoms with E-state index in [4.69, 9.17) is 4.74 Å². The van der Waals surface area contributed by atoms with Crippen molar-refractivity contribution in [1.29, 1.82) is 0 Å². The van der Waals surface area contributed by atoms with Crippen LogP contribution in [0, 0.1) is 10.1 Å². The van der Waals surface area contributed by atoms with Crippen LogP contribution in [-0.4, -0.2) is 41.9 Å². The number of hydrogen-bond donors (Lipinski definition) is 2. The Kier molecular flexibility index (Phi) is 7.84. The molecule has 2 aromatic carbocycles. The summed E-state index contributed by atoms with van der Waals surface area (Å²) in [7, 11) is 0. The van der Waals surface area contributed by atoms with Crippen LogP contribution in [-0.2, 0) is 20.7 Å². The van der Waals surface area contributed by atoms with Crippen molar-refractivity contribution in [3.63, 3.8) is 0 Å². The number of amides is 2. The van der Waals surface area contributed by atoms with Crippen LogP contribution in [0.25, 0.3) is 0 Å². The number of carbonyl (C=O) groups excluding carboxylic acids is 3. The van der Waals surface area contributed by atoms with Crippen LogP contribution >= 0.6 is 0 Å². The van der Waals surface area contributed by atoms with Gasteiger partial charge in [-0.2, -0.15) is 0 Å². The van der Waals surface area contributed by atoms with Gasteiger partial charge in [0.05, 0.1) is 11.5 Å². The lowest BCUT2D eigenvalue weighted by Gasteiger charge is -2.18. The molecule has 0 aliphatic heterocycles. The zero-order valence-electron chi connectivity index (χ0n) is 15.8. The summed E-state index contributed by atoms with van der Waals surface area (Å²) in [5.41, 5.74) is 0.246. The van der Waals surface area contributed by atoms with E-state index in [2.05, 4.69) is 10.6 Å². The van der Waals surface area contributed by atoms with Crippen LogP contribution in [0.2, 0.25) is 0 Å². The first-order valence-corrected chi connectivity index (χ1v) is 8.94. The van der Waals surface area contributed by atoms with Gasteiger partial charge in [0.15, 0.2) is 0 Å². The first kappa shape index (κ1) is 21.5. The van der Waals surface area contributed by atoms with Crippen LogP contribution in [0.15, 0.2) is 54.6 Å². The first-order chi connectivity index (χ1) is 13.9. The summed E-state index contributed by atoms with van der Waals surface area (Å²) < 4.78 is 4.77. The van der Waals surface area contributed by atoms with Crippen LogP contribution in [0.3, 0.4) is 0 Å². The Balaban J connectivity index is 2.18. The van der Waals surface area contributed by atoms with Crippen molar-refractivity contribution in [1.82, 2.24) is 10.6 Å². The number of benzene rings is 2. The number of hydrogen-bond acceptors (Lipinski definition) is 6. The van der Waals surface area contributed by atoms with E-state index >= 15 is 0 Å². The molecule has 0 saturated heterocycles. The van der Waals surface area contributed by atoms with E-state index in [1.807, 2.05) is 6.07 Å². The Labute approximate surface area is 167 Å². The molecule has 0 bridgehead atoms. The van der Waals surface area contributed by atoms with Gasteiger partial charge in [-0.3, -0.25) is 24.5 Å². The van der Waals surface area contributed by atoms with E-state index in [1.54, 1.807) is 31.2 Å². The predicted molar refractivity (Wildman–Crippen MR) is 104 cm³/mol. The SMILES string of the molecule is CCOC(=O)CNC(=O)[C@@H](Cc1ccccc1)NC(=O)c1ccccc1[N+](=O)[O-]. The van der Waals surface area contributed by atoms with Crippen molar-refractivity contribution in [2.45, 2.75) is 19.4 Å². The zero-order chi connectivity index (χ0) is 21.2. The lowest BCUT2D eigenvalue weighted by atomic mass is 10.0. The lowest BCUT2D eigenvalue weighted by Crippen LogP contribution is -2.49. The molecule has 0 spiro atoms. The van der Waals surface area contributed by atoms with Crippen molar-refractivity contribution in [3.05, 3.63) is 75.8 Å². The molecule has 0 fully saturated rings. The number of nitro benzene ring substituents is 1. The number of rotatable bonds is 9. The normalized spacial score (nSPS) is 11.2. The maximum absolute atomic E-state index is 12.6. The number of carbonyl (C=O) groups is 3. The van der Waals surface area contributed by atoms with Crippen molar-refractivity contribution in [3.8, 4) is 0 Å². The highest BCUT2D eigenvalue weighted by atomic mass is 16.6. The molecule has 2 rings (SSSR count). The van der Waals surface area contributed by atoms with Crippen molar-refractivity contribution < 1.29 is 24.0 Å². The Morgan fingerprint density at radius 2 is 1.72 bits per heavy atom. The fourth-order valence-electron chi connectivity index (χ4n) is 2.61. The van der Waals surface area contributed by atoms with Gasteiger partial charge in [-0.15, -0.1) is 0 Å². The van der Waals surface area contributed by atoms with Crippen LogP contribution in [0.1, 0.15) is 22.8 Å². The predicted octanol–water partition coefficient (Wildman–Crippen LogP) is 1.62. The smallest absolute Gasteiger partial charge is 0.325 e. The molecule has 152 valence electrons. The largest absolute Gasteiger partial charge is 0.465 e. The average molecular weight is 399 g/mol. The Hall–Kier alpha value is -3.75. The molecule has 0 aromatic heterocycles. The molecule has 2 aromatic rings. The molecule has 0 unspecified atom stereocenters. The maximum atomic E-state index is 12.6. The van der Waals surface area contributed by atoms with E-state index in [0.717, 1.165) is 5.56 Å². The molecular weight excluding hydrogens is 378 g/mol. The molecule has 0 heterocycles. The summed E-state index contributed by atoms with van der Waals surface area (Å²) in [4.78, 5) is 47.2. The number of nitrogens with one attached hydrogen (secondary N) is 2. The molecule has 0 aliphatic rings. The van der Waals surface area contributed by atoms with Crippen molar-refractivity contribution >= 4 is 23.5 Å². The van der Waals surface area contributed by atoms with Gasteiger partial charge in [0, 0.05) is 12.5 Å². The van der Waals surface area contributed by atoms with Gasteiger partial charge in [0.1, 0.15) is 18.2 Å². The summed E-state index contributed by atoms with van der Waals surface area (Å²) in [5, 5.41) is 16.1. The van der Waals surface area contributed by atoms with Crippen LogP contribution in [0.5, 0.6) is 0 Å². The zero-order valence-corrected chi connectivity index (χ0v) is 15.8. The molecule has 0 aliphatic carbocycles. The molecule has 0 radical (unpaired) electrons. The van der Waals surface area contributed by atoms with Gasteiger partial charge in [-0.25, -0.2) is 0 Å². The van der Waals surface area contributed by atoms with Gasteiger partial charge in [0.25, 0.3) is 11.6 Å². The molecule has 9 nitrogen and oxygen atoms in total. The molecule has 0 saturated carbocycles. The number of para-hydroxylation sites is 1. The fourth-order valence-corrected chi connectivity index (χ4v) is 2.61. The lowest BCUT2D eigenvalue weighted by molar-refractivity contribution is -0.385. The van der Waals surface area contributed by atoms with Crippen LogP contribution in [0.4, 0.5) is 5.69 Å². The number of esters is 1. The highest BCUT2D eigenvalue weighted by molar-refractivity contribution is 6.00. The van der Waals surface area contributed by atoms with Crippen molar-refractivity contribution in [2.24, 2.45) is 0 Å². The van der Waals surface area contributed by atoms with Crippen LogP contribution < -0.4 is 10.6 Å². The quantitative estimate of drug-likeness (QED) is 0.375. The summed E-state index contributed by atoms with van der Waals surface area (Å²) >= 11 is 0. The standard InChI is InChI=1S/C20H21N3O6/c1-2-29-18(24)13-21-20(26)16(12-14-8-4-3-5-9-14)22-19(25)15-10-6-7-11-17(15)23(27)28/h3-11,16H,2,12-13H2,1H3,(H,21,26)(H,22,25)/t16-/m1/s1. The summed E-state index contributed by atoms with van der Waals surface area (Å²) in [5.74, 6) is -1.97. The second-order valence-corrected chi connectivity index (χ2v) is 6.01. The molecule has 29 heavy (non-hydrogen) atoms. The molecule has 2 N–H and O–H groups in total. The highest BCUT2D eigenvalue weighted by Crippen LogP contribution is 2.17. The monoisotopic (exact) mass is 399 g/mol. The van der Waals surface area contributed by atoms with Gasteiger partial charge in [-0.1, -0.05) is 42.5 Å². The van der Waals surface area contributed by atoms with Crippen molar-refractivity contribution in [2.75, 3.05) is 13.2 Å². The van der Waals surface area contributed by atoms with Gasteiger partial charge >= 0.3 is 5.97 Å². The highest BCUT2D eigenvalue weighted by Gasteiger charge is 2.26. The molecule has 2 amide bonds. The summed E-state index contributed by atoms with van der Waals surface area (Å²) in [6, 6.07) is 13.4. The van der Waals surface area contributed by atoms with E-state index in [0.29, 0.717) is 0 Å². The van der Waals surface area contributed by atoms with E-state index in [1.165, 1.54) is 24.3 Å². The number of nitrogens with zero attached hydrogens (tertiary/aromatic N) is 1.